The number of nitrogens with zero attached hydrogens (tertiary/aromatic N) is 3. The van der Waals surface area contributed by atoms with Crippen molar-refractivity contribution in [1.29, 1.82) is 0 Å². The van der Waals surface area contributed by atoms with Crippen molar-refractivity contribution in [3.63, 3.8) is 0 Å². The van der Waals surface area contributed by atoms with Crippen LogP contribution in [0.5, 0.6) is 0 Å². The van der Waals surface area contributed by atoms with Gasteiger partial charge >= 0.3 is 0 Å². The van der Waals surface area contributed by atoms with Crippen LogP contribution in [0.3, 0.4) is 0 Å². The topological polar surface area (TPSA) is 82.6 Å². The van der Waals surface area contributed by atoms with Gasteiger partial charge in [-0.3, -0.25) is 9.69 Å². The smallest absolute Gasteiger partial charge is 0.240 e. The summed E-state index contributed by atoms with van der Waals surface area (Å²) in [7, 11) is -3.16. The van der Waals surface area contributed by atoms with Gasteiger partial charge in [0.15, 0.2) is 5.13 Å². The van der Waals surface area contributed by atoms with E-state index in [4.69, 9.17) is 0 Å². The minimum atomic E-state index is -3.16. The zero-order valence-electron chi connectivity index (χ0n) is 15.7. The standard InChI is InChI=1S/C18H24N4O3S2/c1-13-4-5-15(10-14(13)2)16-12-26-18(19-16)20-17(23)11-21-6-8-22(9-7-21)27(3,24)25/h4-5,10,12H,6-9,11H2,1-3H3,(H,19,20,23). The number of hydrogen-bond acceptors (Lipinski definition) is 6. The molecule has 146 valence electrons. The zero-order chi connectivity index (χ0) is 19.6. The summed E-state index contributed by atoms with van der Waals surface area (Å²) >= 11 is 1.40. The monoisotopic (exact) mass is 408 g/mol. The third kappa shape index (κ3) is 5.13. The van der Waals surface area contributed by atoms with Crippen LogP contribution in [-0.2, 0) is 14.8 Å². The lowest BCUT2D eigenvalue weighted by atomic mass is 10.1. The third-order valence-corrected chi connectivity index (χ3v) is 6.78. The second-order valence-corrected chi connectivity index (χ2v) is 9.66. The Balaban J connectivity index is 1.55. The third-order valence-electron chi connectivity index (χ3n) is 4.72. The molecule has 2 aromatic rings. The van der Waals surface area contributed by atoms with Crippen LogP contribution in [-0.4, -0.2) is 67.5 Å². The highest BCUT2D eigenvalue weighted by atomic mass is 32.2. The first kappa shape index (κ1) is 19.9. The summed E-state index contributed by atoms with van der Waals surface area (Å²) in [5, 5.41) is 5.35. The fourth-order valence-electron chi connectivity index (χ4n) is 2.95. The Morgan fingerprint density at radius 1 is 1.19 bits per heavy atom. The van der Waals surface area contributed by atoms with Gasteiger partial charge in [-0.2, -0.15) is 4.31 Å². The number of carbonyl (C=O) groups is 1. The van der Waals surface area contributed by atoms with Gasteiger partial charge in [-0.25, -0.2) is 13.4 Å². The van der Waals surface area contributed by atoms with E-state index in [-0.39, 0.29) is 12.5 Å². The van der Waals surface area contributed by atoms with E-state index in [0.717, 1.165) is 11.3 Å². The average molecular weight is 409 g/mol. The number of piperazine rings is 1. The van der Waals surface area contributed by atoms with Crippen molar-refractivity contribution in [3.05, 3.63) is 34.7 Å². The van der Waals surface area contributed by atoms with Crippen LogP contribution in [0.2, 0.25) is 0 Å². The number of hydrogen-bond donors (Lipinski definition) is 1. The fraction of sp³-hybridized carbons (Fsp3) is 0.444. The van der Waals surface area contributed by atoms with Gasteiger partial charge in [-0.15, -0.1) is 11.3 Å². The van der Waals surface area contributed by atoms with E-state index < -0.39 is 10.0 Å². The first-order valence-corrected chi connectivity index (χ1v) is 11.5. The van der Waals surface area contributed by atoms with Crippen LogP contribution in [0.1, 0.15) is 11.1 Å². The van der Waals surface area contributed by atoms with E-state index in [9.17, 15) is 13.2 Å². The normalized spacial score (nSPS) is 16.4. The highest BCUT2D eigenvalue weighted by molar-refractivity contribution is 7.88. The van der Waals surface area contributed by atoms with Gasteiger partial charge in [0.1, 0.15) is 0 Å². The summed E-state index contributed by atoms with van der Waals surface area (Å²) < 4.78 is 24.5. The summed E-state index contributed by atoms with van der Waals surface area (Å²) in [6.45, 7) is 6.30. The summed E-state index contributed by atoms with van der Waals surface area (Å²) in [4.78, 5) is 18.7. The first-order chi connectivity index (χ1) is 12.7. The molecule has 27 heavy (non-hydrogen) atoms. The number of rotatable bonds is 5. The molecule has 1 N–H and O–H groups in total. The molecule has 0 unspecified atom stereocenters. The molecule has 0 bridgehead atoms. The van der Waals surface area contributed by atoms with Crippen molar-refractivity contribution >= 4 is 32.4 Å². The molecule has 7 nitrogen and oxygen atoms in total. The predicted molar refractivity (Wildman–Crippen MR) is 109 cm³/mol. The van der Waals surface area contributed by atoms with Crippen molar-refractivity contribution in [2.24, 2.45) is 0 Å². The van der Waals surface area contributed by atoms with E-state index >= 15 is 0 Å². The van der Waals surface area contributed by atoms with Crippen LogP contribution in [0.4, 0.5) is 5.13 Å². The number of aryl methyl sites for hydroxylation is 2. The van der Waals surface area contributed by atoms with Gasteiger partial charge in [0.25, 0.3) is 0 Å². The number of thiazole rings is 1. The van der Waals surface area contributed by atoms with Gasteiger partial charge in [-0.1, -0.05) is 12.1 Å². The molecule has 1 fully saturated rings. The van der Waals surface area contributed by atoms with Crippen molar-refractivity contribution in [2.45, 2.75) is 13.8 Å². The molecule has 0 spiro atoms. The van der Waals surface area contributed by atoms with Crippen LogP contribution in [0.25, 0.3) is 11.3 Å². The van der Waals surface area contributed by atoms with Gasteiger partial charge < -0.3 is 5.32 Å². The number of carbonyl (C=O) groups excluding carboxylic acids is 1. The number of nitrogens with one attached hydrogen (secondary N) is 1. The Bertz CT molecular complexity index is 932. The number of anilines is 1. The Morgan fingerprint density at radius 3 is 2.52 bits per heavy atom. The maximum Gasteiger partial charge on any atom is 0.240 e. The second kappa shape index (κ2) is 8.05. The SMILES string of the molecule is Cc1ccc(-c2csc(NC(=O)CN3CCN(S(C)(=O)=O)CC3)n2)cc1C. The van der Waals surface area contributed by atoms with Crippen LogP contribution in [0.15, 0.2) is 23.6 Å². The number of benzene rings is 1. The summed E-state index contributed by atoms with van der Waals surface area (Å²) in [6, 6.07) is 6.19. The molecule has 1 aromatic carbocycles. The molecule has 1 aliphatic rings. The molecule has 0 atom stereocenters. The molecular weight excluding hydrogens is 384 g/mol. The molecule has 0 radical (unpaired) electrons. The average Bonchev–Trinajstić information content (AvgIpc) is 3.05. The van der Waals surface area contributed by atoms with E-state index in [0.29, 0.717) is 31.3 Å². The van der Waals surface area contributed by atoms with Crippen molar-refractivity contribution in [2.75, 3.05) is 44.3 Å². The highest BCUT2D eigenvalue weighted by Crippen LogP contribution is 2.26. The zero-order valence-corrected chi connectivity index (χ0v) is 17.4. The number of amides is 1. The Hall–Kier alpha value is -1.81. The van der Waals surface area contributed by atoms with Gasteiger partial charge in [0, 0.05) is 37.1 Å². The van der Waals surface area contributed by atoms with Crippen molar-refractivity contribution < 1.29 is 13.2 Å². The van der Waals surface area contributed by atoms with E-state index in [1.54, 1.807) is 0 Å². The maximum absolute atomic E-state index is 12.3. The summed E-state index contributed by atoms with van der Waals surface area (Å²) in [5.74, 6) is -0.135. The lowest BCUT2D eigenvalue weighted by molar-refractivity contribution is -0.117. The molecule has 0 aliphatic carbocycles. The lowest BCUT2D eigenvalue weighted by Gasteiger charge is -2.32. The molecule has 1 aliphatic heterocycles. The Kier molecular flexibility index (Phi) is 5.95. The second-order valence-electron chi connectivity index (χ2n) is 6.82. The molecule has 3 rings (SSSR count). The summed E-state index contributed by atoms with van der Waals surface area (Å²) in [6.07, 6.45) is 1.21. The quantitative estimate of drug-likeness (QED) is 0.818. The van der Waals surface area contributed by atoms with Crippen molar-refractivity contribution in [1.82, 2.24) is 14.2 Å². The molecule has 1 aromatic heterocycles. The first-order valence-electron chi connectivity index (χ1n) is 8.73. The summed E-state index contributed by atoms with van der Waals surface area (Å²) in [5.41, 5.74) is 4.32. The van der Waals surface area contributed by atoms with Gasteiger partial charge in [-0.05, 0) is 31.0 Å². The molecule has 0 saturated carbocycles. The van der Waals surface area contributed by atoms with Crippen LogP contribution < -0.4 is 5.32 Å². The Labute approximate surface area is 164 Å². The molecule has 2 heterocycles. The molecular formula is C18H24N4O3S2. The largest absolute Gasteiger partial charge is 0.301 e. The molecule has 1 saturated heterocycles. The maximum atomic E-state index is 12.3. The minimum absolute atomic E-state index is 0.135. The van der Waals surface area contributed by atoms with E-state index in [2.05, 4.69) is 36.3 Å². The minimum Gasteiger partial charge on any atom is -0.301 e. The van der Waals surface area contributed by atoms with Crippen LogP contribution in [0, 0.1) is 13.8 Å². The molecule has 9 heteroatoms. The lowest BCUT2D eigenvalue weighted by Crippen LogP contribution is -2.50. The number of aromatic nitrogens is 1. The molecule has 1 amide bonds. The van der Waals surface area contributed by atoms with Crippen molar-refractivity contribution in [3.8, 4) is 11.3 Å². The predicted octanol–water partition coefficient (Wildman–Crippen LogP) is 1.94. The highest BCUT2D eigenvalue weighted by Gasteiger charge is 2.24. The fourth-order valence-corrected chi connectivity index (χ4v) is 4.51. The van der Waals surface area contributed by atoms with E-state index in [1.807, 2.05) is 16.3 Å². The Morgan fingerprint density at radius 2 is 1.89 bits per heavy atom. The van der Waals surface area contributed by atoms with Crippen LogP contribution >= 0.6 is 11.3 Å². The van der Waals surface area contributed by atoms with Gasteiger partial charge in [0.2, 0.25) is 15.9 Å². The van der Waals surface area contributed by atoms with Gasteiger partial charge in [0.05, 0.1) is 18.5 Å². The number of sulfonamides is 1. The van der Waals surface area contributed by atoms with E-state index in [1.165, 1.54) is 33.0 Å².